The van der Waals surface area contributed by atoms with Crippen molar-refractivity contribution in [2.45, 2.75) is 11.5 Å². The van der Waals surface area contributed by atoms with Crippen molar-refractivity contribution in [2.75, 3.05) is 6.54 Å². The summed E-state index contributed by atoms with van der Waals surface area (Å²) in [4.78, 5) is 5.10. The molecule has 3 heterocycles. The van der Waals surface area contributed by atoms with E-state index >= 15 is 0 Å². The van der Waals surface area contributed by atoms with Gasteiger partial charge in [-0.2, -0.15) is 0 Å². The maximum Gasteiger partial charge on any atom is 0.134 e. The lowest BCUT2D eigenvalue weighted by atomic mass is 9.67. The topological polar surface area (TPSA) is 45.6 Å². The van der Waals surface area contributed by atoms with Gasteiger partial charge in [0.05, 0.1) is 17.2 Å². The van der Waals surface area contributed by atoms with Crippen molar-refractivity contribution in [3.63, 3.8) is 0 Å². The van der Waals surface area contributed by atoms with Crippen LogP contribution in [0.3, 0.4) is 0 Å². The minimum atomic E-state index is -0.520. The molecule has 0 fully saturated rings. The third-order valence-corrected chi connectivity index (χ3v) is 9.19. The van der Waals surface area contributed by atoms with E-state index in [-0.39, 0.29) is 6.04 Å². The predicted octanol–water partition coefficient (Wildman–Crippen LogP) is 8.14. The van der Waals surface area contributed by atoms with Crippen LogP contribution in [0.1, 0.15) is 45.0 Å². The Balaban J connectivity index is 1.26. The fourth-order valence-electron chi connectivity index (χ4n) is 7.29. The van der Waals surface area contributed by atoms with Crippen LogP contribution in [0.15, 0.2) is 156 Å². The molecule has 1 atom stereocenters. The summed E-state index contributed by atoms with van der Waals surface area (Å²) in [5.74, 6) is 2.66. The Labute approximate surface area is 256 Å². The third kappa shape index (κ3) is 3.61. The van der Waals surface area contributed by atoms with Gasteiger partial charge in [0.1, 0.15) is 17.3 Å². The van der Waals surface area contributed by atoms with Crippen LogP contribution in [0.25, 0.3) is 11.3 Å². The largest absolute Gasteiger partial charge is 0.457 e. The fraction of sp³-hybridized carbons (Fsp3) is 0.0750. The Morgan fingerprint density at radius 2 is 1.34 bits per heavy atom. The zero-order chi connectivity index (χ0) is 29.1. The molecule has 4 aliphatic rings. The van der Waals surface area contributed by atoms with Gasteiger partial charge in [-0.1, -0.05) is 127 Å². The van der Waals surface area contributed by atoms with Crippen molar-refractivity contribution in [3.05, 3.63) is 190 Å². The zero-order valence-electron chi connectivity index (χ0n) is 24.0. The Bertz CT molecular complexity index is 2030. The monoisotopic (exact) mass is 567 g/mol. The standard InChI is InChI=1S/C40H29N3O/c1-3-12-26(13-4-1)34-25-35(43-39(42-34)27-14-5-2-6-15-27)28-21-22-29-30-16-11-23-41-38(30)40(33(29)24-28)31-17-7-9-19-36(31)44-37-20-10-8-18-32(37)40/h1-22,24-25,35,41H,23H2,(H,42,43). The number of aliphatic imine (C=N–C) groups is 1. The van der Waals surface area contributed by atoms with Gasteiger partial charge in [-0.05, 0) is 40.5 Å². The van der Waals surface area contributed by atoms with E-state index in [1.165, 1.54) is 28.0 Å². The maximum atomic E-state index is 6.53. The molecule has 4 heteroatoms. The molecule has 0 saturated heterocycles. The fourth-order valence-corrected chi connectivity index (χ4v) is 7.29. The molecule has 3 aliphatic heterocycles. The summed E-state index contributed by atoms with van der Waals surface area (Å²) in [5.41, 5.74) is 11.1. The zero-order valence-corrected chi connectivity index (χ0v) is 24.0. The molecule has 9 rings (SSSR count). The molecular formula is C40H29N3O. The van der Waals surface area contributed by atoms with E-state index in [9.17, 15) is 0 Å². The molecule has 44 heavy (non-hydrogen) atoms. The lowest BCUT2D eigenvalue weighted by molar-refractivity contribution is 0.429. The summed E-state index contributed by atoms with van der Waals surface area (Å²) in [6, 6.07) is 44.7. The van der Waals surface area contributed by atoms with Crippen LogP contribution >= 0.6 is 0 Å². The van der Waals surface area contributed by atoms with Crippen LogP contribution in [-0.4, -0.2) is 12.4 Å². The molecule has 1 aliphatic carbocycles. The number of rotatable bonds is 3. The van der Waals surface area contributed by atoms with Crippen LogP contribution in [0.5, 0.6) is 11.5 Å². The molecule has 0 saturated carbocycles. The highest BCUT2D eigenvalue weighted by Crippen LogP contribution is 2.61. The second-order valence-electron chi connectivity index (χ2n) is 11.6. The predicted molar refractivity (Wildman–Crippen MR) is 177 cm³/mol. The average Bonchev–Trinajstić information content (AvgIpc) is 3.39. The van der Waals surface area contributed by atoms with E-state index in [4.69, 9.17) is 9.73 Å². The number of para-hydroxylation sites is 2. The highest BCUT2D eigenvalue weighted by Gasteiger charge is 2.52. The highest BCUT2D eigenvalue weighted by atomic mass is 16.5. The van der Waals surface area contributed by atoms with Crippen molar-refractivity contribution in [1.29, 1.82) is 0 Å². The summed E-state index contributed by atoms with van der Waals surface area (Å²) in [5, 5.41) is 7.59. The number of hydrogen-bond donors (Lipinski definition) is 2. The number of hydrogen-bond acceptors (Lipinski definition) is 4. The maximum absolute atomic E-state index is 6.53. The van der Waals surface area contributed by atoms with Crippen LogP contribution in [0.2, 0.25) is 0 Å². The van der Waals surface area contributed by atoms with Gasteiger partial charge in [0.2, 0.25) is 0 Å². The van der Waals surface area contributed by atoms with Crippen LogP contribution in [0, 0.1) is 0 Å². The number of nitrogens with zero attached hydrogens (tertiary/aromatic N) is 1. The van der Waals surface area contributed by atoms with Crippen LogP contribution in [0.4, 0.5) is 0 Å². The number of allylic oxidation sites excluding steroid dienone is 3. The minimum Gasteiger partial charge on any atom is -0.457 e. The Morgan fingerprint density at radius 3 is 2.07 bits per heavy atom. The molecule has 4 nitrogen and oxygen atoms in total. The molecular weight excluding hydrogens is 538 g/mol. The number of ether oxygens (including phenoxy) is 1. The molecule has 2 N–H and O–H groups in total. The Hall–Kier alpha value is -5.61. The number of fused-ring (bicyclic) bond motifs is 8. The molecule has 0 amide bonds. The minimum absolute atomic E-state index is 0.0771. The van der Waals surface area contributed by atoms with Gasteiger partial charge < -0.3 is 15.4 Å². The van der Waals surface area contributed by atoms with Crippen molar-refractivity contribution in [2.24, 2.45) is 4.99 Å². The van der Waals surface area contributed by atoms with E-state index in [1.807, 2.05) is 12.1 Å². The smallest absolute Gasteiger partial charge is 0.134 e. The molecule has 1 spiro atoms. The van der Waals surface area contributed by atoms with Crippen LogP contribution in [-0.2, 0) is 5.41 Å². The number of benzene rings is 5. The first-order chi connectivity index (χ1) is 21.8. The van der Waals surface area contributed by atoms with E-state index in [1.54, 1.807) is 0 Å². The first kappa shape index (κ1) is 24.9. The molecule has 0 aromatic heterocycles. The van der Waals surface area contributed by atoms with Crippen molar-refractivity contribution in [1.82, 2.24) is 10.6 Å². The van der Waals surface area contributed by atoms with Crippen LogP contribution < -0.4 is 15.4 Å². The first-order valence-electron chi connectivity index (χ1n) is 15.2. The average molecular weight is 568 g/mol. The highest BCUT2D eigenvalue weighted by molar-refractivity contribution is 6.03. The summed E-state index contributed by atoms with van der Waals surface area (Å²) in [6.45, 7) is 0.789. The molecule has 5 aromatic rings. The van der Waals surface area contributed by atoms with E-state index < -0.39 is 5.41 Å². The number of dihydropyridines is 1. The van der Waals surface area contributed by atoms with E-state index in [0.717, 1.165) is 51.8 Å². The first-order valence-corrected chi connectivity index (χ1v) is 15.2. The summed E-state index contributed by atoms with van der Waals surface area (Å²) < 4.78 is 6.53. The molecule has 5 aromatic carbocycles. The molecule has 0 bridgehead atoms. The Morgan fingerprint density at radius 1 is 0.682 bits per heavy atom. The quantitative estimate of drug-likeness (QED) is 0.231. The summed E-state index contributed by atoms with van der Waals surface area (Å²) in [6.07, 6.45) is 6.75. The van der Waals surface area contributed by atoms with Gasteiger partial charge in [-0.15, -0.1) is 0 Å². The van der Waals surface area contributed by atoms with Gasteiger partial charge in [0.25, 0.3) is 0 Å². The van der Waals surface area contributed by atoms with Crippen molar-refractivity contribution >= 4 is 17.1 Å². The summed E-state index contributed by atoms with van der Waals surface area (Å²) >= 11 is 0. The normalized spacial score (nSPS) is 18.5. The van der Waals surface area contributed by atoms with Gasteiger partial charge in [-0.3, -0.25) is 0 Å². The van der Waals surface area contributed by atoms with Crippen molar-refractivity contribution in [3.8, 4) is 11.5 Å². The van der Waals surface area contributed by atoms with Gasteiger partial charge in [-0.25, -0.2) is 4.99 Å². The molecule has 210 valence electrons. The molecule has 1 unspecified atom stereocenters. The second-order valence-corrected chi connectivity index (χ2v) is 11.6. The SMILES string of the molecule is C1=CC2=C(NC1)C1(c3ccccc3Oc3ccccc31)c1cc(C3C=C(c4ccccc4)N=C(c4ccccc4)N3)ccc12. The van der Waals surface area contributed by atoms with E-state index in [2.05, 4.69) is 144 Å². The van der Waals surface area contributed by atoms with Gasteiger partial charge >= 0.3 is 0 Å². The lowest BCUT2D eigenvalue weighted by Crippen LogP contribution is -2.39. The van der Waals surface area contributed by atoms with Gasteiger partial charge in [0.15, 0.2) is 0 Å². The third-order valence-electron chi connectivity index (χ3n) is 9.19. The molecule has 0 radical (unpaired) electrons. The van der Waals surface area contributed by atoms with Gasteiger partial charge in [0, 0.05) is 34.5 Å². The second kappa shape index (κ2) is 9.72. The van der Waals surface area contributed by atoms with Crippen molar-refractivity contribution < 1.29 is 4.74 Å². The lowest BCUT2D eigenvalue weighted by Gasteiger charge is -2.41. The van der Waals surface area contributed by atoms with E-state index in [0.29, 0.717) is 0 Å². The number of nitrogens with one attached hydrogen (secondary N) is 2. The Kier molecular flexibility index (Phi) is 5.51. The number of amidine groups is 1. The summed E-state index contributed by atoms with van der Waals surface area (Å²) in [7, 11) is 0.